The van der Waals surface area contributed by atoms with E-state index in [1.54, 1.807) is 0 Å². The fourth-order valence-corrected chi connectivity index (χ4v) is 16.4. The van der Waals surface area contributed by atoms with E-state index in [-0.39, 0.29) is 63.0 Å². The summed E-state index contributed by atoms with van der Waals surface area (Å²) in [5.41, 5.74) is 6.23. The number of nitrogens with two attached hydrogens (primary N) is 1. The molecule has 670 valence electrons. The van der Waals surface area contributed by atoms with Crippen LogP contribution in [0.25, 0.3) is 0 Å². The van der Waals surface area contributed by atoms with Crippen molar-refractivity contribution in [2.24, 2.45) is 5.73 Å². The van der Waals surface area contributed by atoms with Crippen molar-refractivity contribution in [2.75, 3.05) is 40.0 Å². The van der Waals surface area contributed by atoms with Crippen LogP contribution in [-0.2, 0) is 47.7 Å². The van der Waals surface area contributed by atoms with Crippen molar-refractivity contribution < 1.29 is 47.7 Å². The molecule has 0 amide bonds. The van der Waals surface area contributed by atoms with Gasteiger partial charge in [0.2, 0.25) is 0 Å². The maximum absolute atomic E-state index is 13.9. The molecule has 0 fully saturated rings. The smallest absolute Gasteiger partial charge is 0.322 e. The lowest BCUT2D eigenvalue weighted by Crippen LogP contribution is -2.44. The lowest BCUT2D eigenvalue weighted by atomic mass is 10.0. The number of esters is 5. The van der Waals surface area contributed by atoms with Gasteiger partial charge in [-0.1, -0.05) is 496 Å². The van der Waals surface area contributed by atoms with Gasteiger partial charge in [0.1, 0.15) is 31.5 Å². The quantitative estimate of drug-likeness (QED) is 0.0349. The van der Waals surface area contributed by atoms with Crippen LogP contribution in [0.2, 0.25) is 0 Å². The van der Waals surface area contributed by atoms with Gasteiger partial charge in [0.15, 0.2) is 0 Å². The molecule has 0 bridgehead atoms. The molecule has 0 aliphatic rings. The summed E-state index contributed by atoms with van der Waals surface area (Å²) in [6.07, 6.45) is 98.8. The fourth-order valence-electron chi connectivity index (χ4n) is 16.4. The van der Waals surface area contributed by atoms with Gasteiger partial charge in [-0.15, -0.1) is 0 Å². The van der Waals surface area contributed by atoms with Crippen molar-refractivity contribution in [1.29, 1.82) is 0 Å². The van der Waals surface area contributed by atoms with Crippen LogP contribution in [0.1, 0.15) is 561 Å². The third-order valence-corrected chi connectivity index (χ3v) is 24.1. The number of rotatable bonds is 96. The van der Waals surface area contributed by atoms with E-state index in [1.807, 2.05) is 0 Å². The Labute approximate surface area is 703 Å². The van der Waals surface area contributed by atoms with Crippen LogP contribution < -0.4 is 5.73 Å². The molecule has 0 spiro atoms. The van der Waals surface area contributed by atoms with Crippen molar-refractivity contribution in [3.63, 3.8) is 0 Å². The molecule has 0 aliphatic heterocycles. The zero-order valence-corrected chi connectivity index (χ0v) is 76.6. The van der Waals surface area contributed by atoms with Gasteiger partial charge in [-0.3, -0.25) is 28.9 Å². The largest absolute Gasteiger partial charge is 0.468 e. The van der Waals surface area contributed by atoms with E-state index in [9.17, 15) is 24.0 Å². The Morgan fingerprint density at radius 2 is 0.416 bits per heavy atom. The van der Waals surface area contributed by atoms with Gasteiger partial charge >= 0.3 is 29.8 Å². The van der Waals surface area contributed by atoms with Crippen LogP contribution in [0.3, 0.4) is 0 Å². The molecule has 0 saturated carbocycles. The topological polar surface area (TPSA) is 161 Å². The lowest BCUT2D eigenvalue weighted by molar-refractivity contribution is -0.163. The Kier molecular flexibility index (Phi) is 90.9. The third kappa shape index (κ3) is 86.9. The summed E-state index contributed by atoms with van der Waals surface area (Å²) in [6, 6.07) is -0.759. The zero-order valence-electron chi connectivity index (χ0n) is 76.6. The second-order valence-corrected chi connectivity index (χ2v) is 35.4. The Morgan fingerprint density at radius 1 is 0.239 bits per heavy atom. The summed E-state index contributed by atoms with van der Waals surface area (Å²) in [5.74, 6) is -1.67. The van der Waals surface area contributed by atoms with Crippen molar-refractivity contribution in [2.45, 2.75) is 579 Å². The first-order valence-electron chi connectivity index (χ1n) is 50.9. The van der Waals surface area contributed by atoms with E-state index in [1.165, 1.54) is 418 Å². The van der Waals surface area contributed by atoms with Gasteiger partial charge in [-0.05, 0) is 45.1 Å². The second-order valence-electron chi connectivity index (χ2n) is 35.4. The highest BCUT2D eigenvalue weighted by Gasteiger charge is 2.26. The van der Waals surface area contributed by atoms with Gasteiger partial charge in [-0.2, -0.15) is 0 Å². The molecule has 0 aromatic carbocycles. The first-order valence-corrected chi connectivity index (χ1v) is 50.9. The third-order valence-electron chi connectivity index (χ3n) is 24.1. The molecular formula is C101H196N2O10. The normalized spacial score (nSPS) is 12.4. The molecule has 2 N–H and O–H groups in total. The Balaban J connectivity index is 5.93. The first kappa shape index (κ1) is 110. The molecule has 3 atom stereocenters. The van der Waals surface area contributed by atoms with Crippen molar-refractivity contribution in [3.05, 3.63) is 0 Å². The number of unbranched alkanes of at least 4 members (excludes halogenated alkanes) is 73. The highest BCUT2D eigenvalue weighted by Crippen LogP contribution is 2.23. The highest BCUT2D eigenvalue weighted by molar-refractivity contribution is 5.75. The maximum atomic E-state index is 13.9. The van der Waals surface area contributed by atoms with E-state index in [0.717, 1.165) is 77.0 Å². The highest BCUT2D eigenvalue weighted by atomic mass is 16.6. The monoisotopic (exact) mass is 1600 g/mol. The fraction of sp³-hybridized carbons (Fsp3) is 0.950. The predicted octanol–water partition coefficient (Wildman–Crippen LogP) is 31.2. The molecule has 113 heavy (non-hydrogen) atoms. The number of hydrogen-bond donors (Lipinski definition) is 1. The van der Waals surface area contributed by atoms with Crippen LogP contribution in [0.4, 0.5) is 0 Å². The summed E-state index contributed by atoms with van der Waals surface area (Å²) < 4.78 is 29.6. The SMILES string of the molecule is CCCCCCCCCCCCCCCCCCCCCC(=O)OCC(CN(CCCCC(N)C(=O)OC)CC(COC(=O)CCCCCCCCCCCCCCCCCCCCC)OC(=O)CCCCCCCCCCCCCCCCCCCCC)OC(=O)CCCCCCCCCCCCCCCCCCCCC. The van der Waals surface area contributed by atoms with Gasteiger partial charge < -0.3 is 29.4 Å². The summed E-state index contributed by atoms with van der Waals surface area (Å²) in [5, 5.41) is 0. The summed E-state index contributed by atoms with van der Waals surface area (Å²) >= 11 is 0. The van der Waals surface area contributed by atoms with Crippen molar-refractivity contribution in [1.82, 2.24) is 4.90 Å². The minimum atomic E-state index is -0.785. The van der Waals surface area contributed by atoms with E-state index in [4.69, 9.17) is 29.4 Å². The van der Waals surface area contributed by atoms with Crippen LogP contribution in [-0.4, -0.2) is 93.0 Å². The standard InChI is InChI=1S/C101H196N2O10/c1-6-10-14-18-22-26-30-34-38-42-46-50-54-58-62-66-70-74-78-85-97(104)110-92-94(112-99(106)87-80-76-72-68-64-60-56-52-48-44-40-36-32-28-24-20-16-12-8-3)90-103(89-83-82-84-96(102)101(108)109-5)91-95(113-100(107)88-81-77-73-69-65-61-57-53-49-45-41-37-33-29-25-21-17-13-9-4)93-111-98(105)86-79-75-71-67-63-59-55-51-47-43-39-35-31-27-23-19-15-11-7-2/h94-96H,6-93,102H2,1-5H3. The zero-order chi connectivity index (χ0) is 82.0. The molecular weight excluding hydrogens is 1400 g/mol. The van der Waals surface area contributed by atoms with Crippen molar-refractivity contribution in [3.8, 4) is 0 Å². The second kappa shape index (κ2) is 93.1. The number of carbonyl (C=O) groups excluding carboxylic acids is 5. The van der Waals surface area contributed by atoms with E-state index >= 15 is 0 Å². The van der Waals surface area contributed by atoms with Gasteiger partial charge in [0, 0.05) is 38.8 Å². The van der Waals surface area contributed by atoms with Crippen LogP contribution in [0.5, 0.6) is 0 Å². The molecule has 0 aromatic heterocycles. The number of carbonyl (C=O) groups is 5. The van der Waals surface area contributed by atoms with E-state index < -0.39 is 24.2 Å². The molecule has 3 unspecified atom stereocenters. The lowest BCUT2D eigenvalue weighted by Gasteiger charge is -2.30. The number of methoxy groups -OCH3 is 1. The molecule has 12 heteroatoms. The minimum absolute atomic E-state index is 0.0924. The summed E-state index contributed by atoms with van der Waals surface area (Å²) in [7, 11) is 1.35. The maximum Gasteiger partial charge on any atom is 0.322 e. The Bertz CT molecular complexity index is 1830. The molecule has 0 saturated heterocycles. The minimum Gasteiger partial charge on any atom is -0.468 e. The predicted molar refractivity (Wildman–Crippen MR) is 484 cm³/mol. The Hall–Kier alpha value is -2.73. The summed E-state index contributed by atoms with van der Waals surface area (Å²) in [6.45, 7) is 9.87. The number of hydrogen-bond acceptors (Lipinski definition) is 12. The number of nitrogens with zero attached hydrogens (tertiary/aromatic N) is 1. The average Bonchev–Trinajstić information content (AvgIpc) is 0.895. The van der Waals surface area contributed by atoms with Gasteiger partial charge in [0.05, 0.1) is 7.11 Å². The number of ether oxygens (including phenoxy) is 5. The molecule has 0 radical (unpaired) electrons. The Morgan fingerprint density at radius 3 is 0.602 bits per heavy atom. The summed E-state index contributed by atoms with van der Waals surface area (Å²) in [4.78, 5) is 69.4. The van der Waals surface area contributed by atoms with Gasteiger partial charge in [-0.25, -0.2) is 0 Å². The first-order chi connectivity index (χ1) is 55.6. The molecule has 0 aromatic rings. The average molecular weight is 1600 g/mol. The van der Waals surface area contributed by atoms with Crippen molar-refractivity contribution >= 4 is 29.8 Å². The van der Waals surface area contributed by atoms with E-state index in [0.29, 0.717) is 38.6 Å². The molecule has 0 heterocycles. The van der Waals surface area contributed by atoms with Crippen LogP contribution in [0.15, 0.2) is 0 Å². The van der Waals surface area contributed by atoms with Crippen LogP contribution in [0, 0.1) is 0 Å². The molecule has 12 nitrogen and oxygen atoms in total. The van der Waals surface area contributed by atoms with Crippen LogP contribution >= 0.6 is 0 Å². The molecule has 0 rings (SSSR count). The van der Waals surface area contributed by atoms with Gasteiger partial charge in [0.25, 0.3) is 0 Å². The van der Waals surface area contributed by atoms with E-state index in [2.05, 4.69) is 32.6 Å². The molecule has 0 aliphatic carbocycles.